The highest BCUT2D eigenvalue weighted by molar-refractivity contribution is 8.03. The highest BCUT2D eigenvalue weighted by Crippen LogP contribution is 2.37. The van der Waals surface area contributed by atoms with Gasteiger partial charge in [-0.25, -0.2) is 0 Å². The summed E-state index contributed by atoms with van der Waals surface area (Å²) in [5.74, 6) is 0.0879. The van der Waals surface area contributed by atoms with Crippen LogP contribution in [0, 0.1) is 0 Å². The van der Waals surface area contributed by atoms with E-state index in [-0.39, 0.29) is 17.1 Å². The lowest BCUT2D eigenvalue weighted by molar-refractivity contribution is -0.143. The minimum atomic E-state index is -0.154. The van der Waals surface area contributed by atoms with Crippen molar-refractivity contribution in [2.24, 2.45) is 0 Å². The first kappa shape index (κ1) is 14.8. The summed E-state index contributed by atoms with van der Waals surface area (Å²) in [6.07, 6.45) is 5.09. The Morgan fingerprint density at radius 1 is 1.50 bits per heavy atom. The normalized spacial score (nSPS) is 17.3. The second kappa shape index (κ2) is 6.36. The average molecular weight is 318 g/mol. The van der Waals surface area contributed by atoms with Crippen molar-refractivity contribution in [3.05, 3.63) is 36.0 Å². The van der Waals surface area contributed by atoms with Gasteiger partial charge in [-0.1, -0.05) is 0 Å². The fraction of sp³-hybridized carbons (Fsp3) is 0.312. The summed E-state index contributed by atoms with van der Waals surface area (Å²) in [6.45, 7) is 2.24. The number of esters is 1. The summed E-state index contributed by atoms with van der Waals surface area (Å²) >= 11 is 1.69. The van der Waals surface area contributed by atoms with E-state index in [0.717, 1.165) is 23.0 Å². The van der Waals surface area contributed by atoms with Gasteiger partial charge in [-0.2, -0.15) is 0 Å². The molecule has 0 radical (unpaired) electrons. The Hall–Kier alpha value is -2.08. The second-order valence-corrected chi connectivity index (χ2v) is 6.12. The maximum atomic E-state index is 11.5. The first-order chi connectivity index (χ1) is 10.7. The number of phenols is 1. The zero-order valence-corrected chi connectivity index (χ0v) is 13.1. The molecule has 1 aliphatic heterocycles. The van der Waals surface area contributed by atoms with E-state index in [1.54, 1.807) is 23.9 Å². The fourth-order valence-corrected chi connectivity index (χ4v) is 3.53. The highest BCUT2D eigenvalue weighted by atomic mass is 32.2. The molecule has 0 saturated carbocycles. The van der Waals surface area contributed by atoms with Crippen molar-refractivity contribution < 1.29 is 14.6 Å². The van der Waals surface area contributed by atoms with Crippen molar-refractivity contribution in [1.29, 1.82) is 0 Å². The van der Waals surface area contributed by atoms with Crippen molar-refractivity contribution in [2.75, 3.05) is 11.5 Å². The van der Waals surface area contributed by atoms with Crippen LogP contribution in [-0.4, -0.2) is 28.0 Å². The van der Waals surface area contributed by atoms with E-state index in [0.29, 0.717) is 13.0 Å². The maximum absolute atomic E-state index is 11.5. The molecule has 6 heteroatoms. The Bertz CT molecular complexity index is 710. The summed E-state index contributed by atoms with van der Waals surface area (Å²) in [4.78, 5) is 16.9. The topological polar surface area (TPSA) is 65.6 Å². The minimum absolute atomic E-state index is 0.154. The molecule has 3 rings (SSSR count). The van der Waals surface area contributed by atoms with Crippen LogP contribution in [0.1, 0.15) is 19.8 Å². The Morgan fingerprint density at radius 2 is 2.36 bits per heavy atom. The number of nitrogens with zero attached hydrogens (tertiary/aromatic N) is 1. The molecule has 2 aromatic rings. The first-order valence-corrected chi connectivity index (χ1v) is 8.19. The summed E-state index contributed by atoms with van der Waals surface area (Å²) in [7, 11) is 0. The summed E-state index contributed by atoms with van der Waals surface area (Å²) in [5.41, 5.74) is 1.94. The molecule has 0 fully saturated rings. The molecule has 2 N–H and O–H groups in total. The number of aromatic amines is 1. The lowest BCUT2D eigenvalue weighted by Crippen LogP contribution is -2.25. The summed E-state index contributed by atoms with van der Waals surface area (Å²) in [5, 5.41) is 12.8. The van der Waals surface area contributed by atoms with Gasteiger partial charge in [0, 0.05) is 30.3 Å². The van der Waals surface area contributed by atoms with E-state index in [1.165, 1.54) is 0 Å². The van der Waals surface area contributed by atoms with Gasteiger partial charge >= 0.3 is 5.97 Å². The van der Waals surface area contributed by atoms with Crippen LogP contribution in [0.5, 0.6) is 5.75 Å². The van der Waals surface area contributed by atoms with Gasteiger partial charge in [0.15, 0.2) is 0 Å². The minimum Gasteiger partial charge on any atom is -0.508 e. The molecule has 5 nitrogen and oxygen atoms in total. The van der Waals surface area contributed by atoms with Crippen LogP contribution in [0.2, 0.25) is 0 Å². The fourth-order valence-electron chi connectivity index (χ4n) is 2.58. The molecule has 22 heavy (non-hydrogen) atoms. The van der Waals surface area contributed by atoms with Crippen molar-refractivity contribution >= 4 is 34.3 Å². The first-order valence-electron chi connectivity index (χ1n) is 7.25. The number of benzene rings is 1. The number of ether oxygens (including phenoxy) is 1. The molecular formula is C16H18N2O3S. The number of fused-ring (bicyclic) bond motifs is 1. The number of aromatic hydroxyl groups is 1. The monoisotopic (exact) mass is 318 g/mol. The van der Waals surface area contributed by atoms with Crippen molar-refractivity contribution in [3.8, 4) is 5.75 Å². The smallest absolute Gasteiger partial charge is 0.305 e. The number of aromatic nitrogens is 1. The van der Waals surface area contributed by atoms with Crippen LogP contribution in [0.3, 0.4) is 0 Å². The van der Waals surface area contributed by atoms with Crippen molar-refractivity contribution in [2.45, 2.75) is 25.1 Å². The van der Waals surface area contributed by atoms with Crippen LogP contribution in [0.4, 0.5) is 5.69 Å². The number of hydrogen-bond donors (Lipinski definition) is 2. The van der Waals surface area contributed by atoms with Crippen LogP contribution >= 0.6 is 11.8 Å². The number of hydrogen-bond acceptors (Lipinski definition) is 5. The van der Waals surface area contributed by atoms with E-state index in [4.69, 9.17) is 4.74 Å². The lowest BCUT2D eigenvalue weighted by atomic mass is 10.2. The van der Waals surface area contributed by atoms with Gasteiger partial charge in [0.1, 0.15) is 5.75 Å². The molecule has 0 amide bonds. The molecule has 0 aliphatic carbocycles. The molecule has 2 heterocycles. The van der Waals surface area contributed by atoms with Crippen LogP contribution < -0.4 is 4.90 Å². The van der Waals surface area contributed by atoms with Gasteiger partial charge in [-0.15, -0.1) is 11.8 Å². The molecule has 1 aliphatic rings. The van der Waals surface area contributed by atoms with E-state index >= 15 is 0 Å². The number of rotatable bonds is 5. The number of carbonyl (C=O) groups excluding carboxylic acids is 1. The van der Waals surface area contributed by atoms with Crippen LogP contribution in [0.25, 0.3) is 10.9 Å². The van der Waals surface area contributed by atoms with Crippen LogP contribution in [0.15, 0.2) is 36.0 Å². The third-order valence-electron chi connectivity index (χ3n) is 3.59. The van der Waals surface area contributed by atoms with E-state index < -0.39 is 0 Å². The van der Waals surface area contributed by atoms with Crippen LogP contribution in [-0.2, 0) is 9.53 Å². The SMILES string of the molecule is CCOC(=O)CCC1SC=CN1c1c[nH]c2cc(O)ccc12. The molecule has 0 spiro atoms. The second-order valence-electron chi connectivity index (χ2n) is 5.03. The standard InChI is InChI=1S/C16H18N2O3S/c1-2-21-16(20)6-5-15-18(7-8-22-15)14-10-17-13-9-11(19)3-4-12(13)14/h3-4,7-10,15,17,19H,2,5-6H2,1H3. The summed E-state index contributed by atoms with van der Waals surface area (Å²) < 4.78 is 4.99. The van der Waals surface area contributed by atoms with Gasteiger partial charge in [-0.05, 0) is 30.9 Å². The van der Waals surface area contributed by atoms with E-state index in [2.05, 4.69) is 9.88 Å². The highest BCUT2D eigenvalue weighted by Gasteiger charge is 2.24. The van der Waals surface area contributed by atoms with Gasteiger partial charge in [0.05, 0.1) is 23.2 Å². The Morgan fingerprint density at radius 3 is 3.18 bits per heavy atom. The largest absolute Gasteiger partial charge is 0.508 e. The zero-order valence-electron chi connectivity index (χ0n) is 12.3. The quantitative estimate of drug-likeness (QED) is 0.825. The number of H-pyrrole nitrogens is 1. The predicted octanol–water partition coefficient (Wildman–Crippen LogP) is 3.57. The third kappa shape index (κ3) is 2.92. The number of anilines is 1. The number of thioether (sulfide) groups is 1. The van der Waals surface area contributed by atoms with Crippen molar-refractivity contribution in [3.63, 3.8) is 0 Å². The number of nitrogens with one attached hydrogen (secondary N) is 1. The lowest BCUT2D eigenvalue weighted by Gasteiger charge is -2.24. The molecule has 116 valence electrons. The van der Waals surface area contributed by atoms with Gasteiger partial charge in [0.2, 0.25) is 0 Å². The Balaban J connectivity index is 1.77. The predicted molar refractivity (Wildman–Crippen MR) is 88.8 cm³/mol. The maximum Gasteiger partial charge on any atom is 0.305 e. The van der Waals surface area contributed by atoms with E-state index in [9.17, 15) is 9.90 Å². The van der Waals surface area contributed by atoms with Gasteiger partial charge in [0.25, 0.3) is 0 Å². The molecule has 0 bridgehead atoms. The third-order valence-corrected chi connectivity index (χ3v) is 4.65. The van der Waals surface area contributed by atoms with Gasteiger partial charge in [-0.3, -0.25) is 4.79 Å². The summed E-state index contributed by atoms with van der Waals surface area (Å²) in [6, 6.07) is 5.29. The molecular weight excluding hydrogens is 300 g/mol. The van der Waals surface area contributed by atoms with Gasteiger partial charge < -0.3 is 19.7 Å². The molecule has 1 unspecified atom stereocenters. The van der Waals surface area contributed by atoms with E-state index in [1.807, 2.05) is 30.8 Å². The molecule has 1 atom stereocenters. The zero-order chi connectivity index (χ0) is 15.5. The molecule has 1 aromatic heterocycles. The average Bonchev–Trinajstić information content (AvgIpc) is 3.10. The molecule has 0 saturated heterocycles. The number of carbonyl (C=O) groups is 1. The molecule has 1 aromatic carbocycles. The van der Waals surface area contributed by atoms with Crippen molar-refractivity contribution in [1.82, 2.24) is 4.98 Å². The Kier molecular flexibility index (Phi) is 4.29. The Labute approximate surface area is 132 Å². The number of phenolic OH excluding ortho intramolecular Hbond substituents is 1.